The molecular weight excluding hydrogens is 411 g/mol. The number of hydrogen-bond acceptors (Lipinski definition) is 7. The van der Waals surface area contributed by atoms with Gasteiger partial charge in [0.2, 0.25) is 0 Å². The molecule has 1 aliphatic rings. The van der Waals surface area contributed by atoms with Gasteiger partial charge < -0.3 is 19.8 Å². The van der Waals surface area contributed by atoms with Gasteiger partial charge in [-0.15, -0.1) is 0 Å². The van der Waals surface area contributed by atoms with Gasteiger partial charge in [0.05, 0.1) is 36.4 Å². The number of aliphatic hydroxyl groups is 2. The van der Waals surface area contributed by atoms with E-state index in [1.165, 1.54) is 36.4 Å². The van der Waals surface area contributed by atoms with Crippen molar-refractivity contribution >= 4 is 23.1 Å². The average molecular weight is 430 g/mol. The molecule has 1 amide bonds. The van der Waals surface area contributed by atoms with Crippen LogP contribution in [0.2, 0.25) is 0 Å². The number of nitro benzene ring substituents is 1. The molecule has 162 valence electrons. The highest BCUT2D eigenvalue weighted by atomic mass is 19.1. The van der Waals surface area contributed by atoms with Crippen LogP contribution < -0.4 is 0 Å². The normalized spacial score (nSPS) is 17.9. The molecule has 0 aromatic heterocycles. The third-order valence-electron chi connectivity index (χ3n) is 4.80. The summed E-state index contributed by atoms with van der Waals surface area (Å²) in [6.45, 7) is -0.302. The molecule has 1 aliphatic heterocycles. The van der Waals surface area contributed by atoms with Gasteiger partial charge in [0.1, 0.15) is 11.6 Å². The van der Waals surface area contributed by atoms with Crippen LogP contribution in [-0.2, 0) is 14.3 Å². The lowest BCUT2D eigenvalue weighted by Crippen LogP contribution is -2.33. The number of halogens is 1. The van der Waals surface area contributed by atoms with Crippen molar-refractivity contribution in [2.45, 2.75) is 6.04 Å². The van der Waals surface area contributed by atoms with Crippen LogP contribution in [0.4, 0.5) is 10.1 Å². The zero-order valence-electron chi connectivity index (χ0n) is 16.2. The summed E-state index contributed by atoms with van der Waals surface area (Å²) in [5.74, 6) is -3.19. The van der Waals surface area contributed by atoms with Gasteiger partial charge in [-0.3, -0.25) is 19.7 Å². The fourth-order valence-electron chi connectivity index (χ4n) is 3.36. The maximum atomic E-state index is 14.6. The van der Waals surface area contributed by atoms with Crippen LogP contribution in [0, 0.1) is 15.9 Å². The van der Waals surface area contributed by atoms with Gasteiger partial charge in [-0.25, -0.2) is 4.39 Å². The third-order valence-corrected chi connectivity index (χ3v) is 4.80. The Hall–Kier alpha value is -3.63. The molecule has 0 spiro atoms. The first-order chi connectivity index (χ1) is 14.9. The molecular formula is C21H19FN2O7. The Bertz CT molecular complexity index is 1040. The summed E-state index contributed by atoms with van der Waals surface area (Å²) in [6, 6.07) is 9.11. The van der Waals surface area contributed by atoms with E-state index >= 15 is 0 Å². The maximum absolute atomic E-state index is 14.6. The Labute approximate surface area is 176 Å². The number of benzene rings is 2. The first kappa shape index (κ1) is 22.1. The van der Waals surface area contributed by atoms with Crippen molar-refractivity contribution in [2.75, 3.05) is 26.4 Å². The molecule has 0 radical (unpaired) electrons. The highest BCUT2D eigenvalue weighted by molar-refractivity contribution is 6.46. The summed E-state index contributed by atoms with van der Waals surface area (Å²) in [4.78, 5) is 36.8. The minimum atomic E-state index is -1.21. The van der Waals surface area contributed by atoms with Crippen molar-refractivity contribution in [2.24, 2.45) is 0 Å². The number of amides is 1. The maximum Gasteiger partial charge on any atom is 0.295 e. The number of likely N-dealkylation sites (tertiary alicyclic amines) is 1. The lowest BCUT2D eigenvalue weighted by Gasteiger charge is -2.25. The van der Waals surface area contributed by atoms with Gasteiger partial charge in [-0.05, 0) is 18.2 Å². The van der Waals surface area contributed by atoms with E-state index in [4.69, 9.17) is 9.84 Å². The number of aliphatic hydroxyl groups excluding tert-OH is 2. The molecule has 1 saturated heterocycles. The summed E-state index contributed by atoms with van der Waals surface area (Å²) in [5, 5.41) is 30.5. The quantitative estimate of drug-likeness (QED) is 0.164. The lowest BCUT2D eigenvalue weighted by atomic mass is 9.95. The van der Waals surface area contributed by atoms with E-state index in [1.807, 2.05) is 0 Å². The molecule has 31 heavy (non-hydrogen) atoms. The minimum absolute atomic E-state index is 0.00678. The van der Waals surface area contributed by atoms with E-state index in [0.29, 0.717) is 0 Å². The summed E-state index contributed by atoms with van der Waals surface area (Å²) in [6.07, 6.45) is 0. The van der Waals surface area contributed by atoms with Gasteiger partial charge >= 0.3 is 0 Å². The Morgan fingerprint density at radius 3 is 2.42 bits per heavy atom. The van der Waals surface area contributed by atoms with Gasteiger partial charge in [-0.2, -0.15) is 0 Å². The fourth-order valence-corrected chi connectivity index (χ4v) is 3.36. The Morgan fingerprint density at radius 2 is 1.81 bits per heavy atom. The van der Waals surface area contributed by atoms with E-state index in [9.17, 15) is 29.2 Å². The van der Waals surface area contributed by atoms with E-state index in [-0.39, 0.29) is 48.8 Å². The Morgan fingerprint density at radius 1 is 1.13 bits per heavy atom. The molecule has 0 aliphatic carbocycles. The number of rotatable bonds is 8. The molecule has 10 heteroatoms. The number of carbonyl (C=O) groups is 2. The van der Waals surface area contributed by atoms with Crippen molar-refractivity contribution in [1.29, 1.82) is 0 Å². The fraction of sp³-hybridized carbons (Fsp3) is 0.238. The van der Waals surface area contributed by atoms with Crippen molar-refractivity contribution in [3.05, 3.63) is 81.2 Å². The van der Waals surface area contributed by atoms with Crippen molar-refractivity contribution < 1.29 is 33.9 Å². The molecule has 9 nitrogen and oxygen atoms in total. The van der Waals surface area contributed by atoms with Gasteiger partial charge in [0, 0.05) is 29.8 Å². The van der Waals surface area contributed by atoms with Crippen LogP contribution in [0.25, 0.3) is 5.76 Å². The van der Waals surface area contributed by atoms with Crippen molar-refractivity contribution in [3.8, 4) is 0 Å². The molecule has 0 bridgehead atoms. The van der Waals surface area contributed by atoms with Crippen LogP contribution in [0.5, 0.6) is 0 Å². The van der Waals surface area contributed by atoms with Gasteiger partial charge in [0.15, 0.2) is 0 Å². The number of ether oxygens (including phenoxy) is 1. The van der Waals surface area contributed by atoms with E-state index in [1.54, 1.807) is 0 Å². The number of hydrogen-bond donors (Lipinski definition) is 2. The molecule has 3 rings (SSSR count). The zero-order valence-corrected chi connectivity index (χ0v) is 16.2. The van der Waals surface area contributed by atoms with E-state index in [0.717, 1.165) is 17.0 Å². The number of non-ortho nitro benzene ring substituents is 1. The monoisotopic (exact) mass is 430 g/mol. The summed E-state index contributed by atoms with van der Waals surface area (Å²) < 4.78 is 19.8. The van der Waals surface area contributed by atoms with E-state index in [2.05, 4.69) is 0 Å². The number of carbonyl (C=O) groups excluding carboxylic acids is 2. The number of ketones is 1. The Kier molecular flexibility index (Phi) is 6.73. The lowest BCUT2D eigenvalue weighted by molar-refractivity contribution is -0.384. The molecule has 1 fully saturated rings. The minimum Gasteiger partial charge on any atom is -0.507 e. The van der Waals surface area contributed by atoms with E-state index < -0.39 is 34.2 Å². The topological polar surface area (TPSA) is 130 Å². The predicted molar refractivity (Wildman–Crippen MR) is 106 cm³/mol. The molecule has 2 N–H and O–H groups in total. The largest absolute Gasteiger partial charge is 0.507 e. The van der Waals surface area contributed by atoms with Crippen molar-refractivity contribution in [3.63, 3.8) is 0 Å². The molecule has 1 heterocycles. The molecule has 2 aromatic rings. The number of nitro groups is 1. The van der Waals surface area contributed by atoms with Gasteiger partial charge in [-0.1, -0.05) is 18.2 Å². The molecule has 2 aromatic carbocycles. The Balaban J connectivity index is 2.08. The van der Waals surface area contributed by atoms with Crippen LogP contribution in [0.3, 0.4) is 0 Å². The third kappa shape index (κ3) is 4.44. The molecule has 0 saturated carbocycles. The second-order valence-electron chi connectivity index (χ2n) is 6.65. The molecule has 1 atom stereocenters. The first-order valence-corrected chi connectivity index (χ1v) is 9.33. The highest BCUT2D eigenvalue weighted by Crippen LogP contribution is 2.40. The molecule has 1 unspecified atom stereocenters. The summed E-state index contributed by atoms with van der Waals surface area (Å²) in [7, 11) is 0. The standard InChI is InChI=1S/C21H19FN2O7/c22-16-4-2-1-3-15(16)18-17(19(26)13-5-7-14(8-6-13)24(29)30)20(27)21(28)23(18)9-11-31-12-10-25/h1-8,18,25-26H,9-12H2. The number of Topliss-reactive ketones (excluding diaryl/α,β-unsaturated/α-hetero) is 1. The zero-order chi connectivity index (χ0) is 22.5. The SMILES string of the molecule is O=C1C(=O)N(CCOCCO)C(c2ccccc2F)C1=C(O)c1ccc([N+](=O)[O-])cc1. The van der Waals surface area contributed by atoms with Crippen molar-refractivity contribution in [1.82, 2.24) is 4.90 Å². The summed E-state index contributed by atoms with van der Waals surface area (Å²) in [5.41, 5.74) is -0.469. The summed E-state index contributed by atoms with van der Waals surface area (Å²) >= 11 is 0. The van der Waals surface area contributed by atoms with Crippen LogP contribution in [-0.4, -0.2) is 58.1 Å². The van der Waals surface area contributed by atoms with Gasteiger partial charge in [0.25, 0.3) is 17.4 Å². The second kappa shape index (κ2) is 9.45. The smallest absolute Gasteiger partial charge is 0.295 e. The second-order valence-corrected chi connectivity index (χ2v) is 6.65. The predicted octanol–water partition coefficient (Wildman–Crippen LogP) is 2.16. The number of nitrogens with zero attached hydrogens (tertiary/aromatic N) is 2. The highest BCUT2D eigenvalue weighted by Gasteiger charge is 2.46. The average Bonchev–Trinajstić information content (AvgIpc) is 3.01. The first-order valence-electron chi connectivity index (χ1n) is 9.33. The van der Waals surface area contributed by atoms with Crippen LogP contribution in [0.1, 0.15) is 17.2 Å². The van der Waals surface area contributed by atoms with Crippen LogP contribution in [0.15, 0.2) is 54.1 Å². The van der Waals surface area contributed by atoms with Crippen LogP contribution >= 0.6 is 0 Å².